The van der Waals surface area contributed by atoms with Gasteiger partial charge in [-0.25, -0.2) is 23.1 Å². The summed E-state index contributed by atoms with van der Waals surface area (Å²) in [6.07, 6.45) is 2.36. The Morgan fingerprint density at radius 2 is 1.76 bits per heavy atom. The molecule has 0 atom stereocenters. The van der Waals surface area contributed by atoms with Crippen molar-refractivity contribution in [2.24, 2.45) is 0 Å². The molecule has 1 aromatic heterocycles. The van der Waals surface area contributed by atoms with Crippen LogP contribution >= 0.6 is 0 Å². The second-order valence-electron chi connectivity index (χ2n) is 4.27. The lowest BCUT2D eigenvalue weighted by Crippen LogP contribution is -2.29. The molecule has 0 fully saturated rings. The third kappa shape index (κ3) is 5.72. The maximum absolute atomic E-state index is 11.6. The van der Waals surface area contributed by atoms with E-state index in [-0.39, 0.29) is 12.3 Å². The molecule has 0 bridgehead atoms. The van der Waals surface area contributed by atoms with E-state index >= 15 is 0 Å². The highest BCUT2D eigenvalue weighted by Gasteiger charge is 2.13. The zero-order chi connectivity index (χ0) is 15.7. The summed E-state index contributed by atoms with van der Waals surface area (Å²) in [5.74, 6) is 1.50. The number of rotatable bonds is 10. The fourth-order valence-electron chi connectivity index (χ4n) is 1.66. The minimum absolute atomic E-state index is 0.0360. The monoisotopic (exact) mass is 317 g/mol. The van der Waals surface area contributed by atoms with Crippen molar-refractivity contribution in [2.75, 3.05) is 43.1 Å². The molecule has 0 unspecified atom stereocenters. The van der Waals surface area contributed by atoms with E-state index in [1.807, 2.05) is 6.92 Å². The van der Waals surface area contributed by atoms with Crippen LogP contribution < -0.4 is 20.1 Å². The zero-order valence-corrected chi connectivity index (χ0v) is 13.5. The Balaban J connectivity index is 2.70. The van der Waals surface area contributed by atoms with Gasteiger partial charge >= 0.3 is 0 Å². The van der Waals surface area contributed by atoms with Crippen LogP contribution in [0.15, 0.2) is 6.33 Å². The van der Waals surface area contributed by atoms with Crippen LogP contribution in [0.1, 0.15) is 20.3 Å². The Morgan fingerprint density at radius 1 is 1.14 bits per heavy atom. The number of nitrogens with zero attached hydrogens (tertiary/aromatic N) is 2. The molecule has 3 N–H and O–H groups in total. The molecule has 0 spiro atoms. The number of nitrogens with one attached hydrogen (secondary N) is 3. The van der Waals surface area contributed by atoms with Gasteiger partial charge in [-0.05, 0) is 6.42 Å². The highest BCUT2D eigenvalue weighted by atomic mass is 32.2. The Kier molecular flexibility index (Phi) is 7.17. The van der Waals surface area contributed by atoms with Crippen molar-refractivity contribution in [1.82, 2.24) is 14.7 Å². The van der Waals surface area contributed by atoms with Crippen molar-refractivity contribution in [1.29, 1.82) is 0 Å². The van der Waals surface area contributed by atoms with Gasteiger partial charge in [-0.3, -0.25) is 0 Å². The molecule has 0 radical (unpaired) electrons. The maximum atomic E-state index is 11.6. The van der Waals surface area contributed by atoms with Crippen LogP contribution in [0.25, 0.3) is 0 Å². The maximum Gasteiger partial charge on any atom is 0.213 e. The van der Waals surface area contributed by atoms with Gasteiger partial charge in [0.15, 0.2) is 11.6 Å². The summed E-state index contributed by atoms with van der Waals surface area (Å²) in [6, 6.07) is 0. The van der Waals surface area contributed by atoms with Crippen LogP contribution in [0.4, 0.5) is 11.6 Å². The third-order valence-corrected chi connectivity index (χ3v) is 4.05. The first-order chi connectivity index (χ1) is 10.0. The molecule has 1 heterocycles. The van der Waals surface area contributed by atoms with Crippen molar-refractivity contribution in [3.05, 3.63) is 6.33 Å². The smallest absolute Gasteiger partial charge is 0.213 e. The number of hydrogen-bond acceptors (Lipinski definition) is 7. The Bertz CT molecular complexity index is 536. The van der Waals surface area contributed by atoms with Gasteiger partial charge in [-0.2, -0.15) is 0 Å². The van der Waals surface area contributed by atoms with Crippen molar-refractivity contribution in [3.63, 3.8) is 0 Å². The molecule has 0 saturated carbocycles. The van der Waals surface area contributed by atoms with Crippen LogP contribution in [-0.4, -0.2) is 50.9 Å². The Hall–Kier alpha value is -1.61. The number of sulfonamides is 1. The first-order valence-corrected chi connectivity index (χ1v) is 8.53. The fourth-order valence-corrected chi connectivity index (χ4v) is 2.61. The lowest BCUT2D eigenvalue weighted by atomic mass is 10.4. The molecule has 0 aliphatic heterocycles. The van der Waals surface area contributed by atoms with Crippen LogP contribution in [0.3, 0.4) is 0 Å². The molecule has 0 aliphatic carbocycles. The molecule has 0 aromatic carbocycles. The molecule has 0 amide bonds. The lowest BCUT2D eigenvalue weighted by Gasteiger charge is -2.14. The van der Waals surface area contributed by atoms with Gasteiger partial charge in [0.05, 0.1) is 12.9 Å². The van der Waals surface area contributed by atoms with Gasteiger partial charge in [0, 0.05) is 19.6 Å². The molecular formula is C12H23N5O3S. The second kappa shape index (κ2) is 8.63. The number of methoxy groups -OCH3 is 1. The molecule has 9 heteroatoms. The quantitative estimate of drug-likeness (QED) is 0.582. The summed E-state index contributed by atoms with van der Waals surface area (Å²) >= 11 is 0. The van der Waals surface area contributed by atoms with Gasteiger partial charge in [0.2, 0.25) is 15.8 Å². The van der Waals surface area contributed by atoms with Crippen LogP contribution in [0, 0.1) is 0 Å². The van der Waals surface area contributed by atoms with Gasteiger partial charge in [-0.15, -0.1) is 0 Å². The van der Waals surface area contributed by atoms with Crippen molar-refractivity contribution < 1.29 is 13.2 Å². The van der Waals surface area contributed by atoms with E-state index in [2.05, 4.69) is 25.3 Å². The first-order valence-electron chi connectivity index (χ1n) is 6.88. The minimum atomic E-state index is -3.26. The van der Waals surface area contributed by atoms with Gasteiger partial charge < -0.3 is 15.4 Å². The average Bonchev–Trinajstić information content (AvgIpc) is 2.44. The Morgan fingerprint density at radius 3 is 2.29 bits per heavy atom. The summed E-state index contributed by atoms with van der Waals surface area (Å²) < 4.78 is 30.8. The molecular weight excluding hydrogens is 294 g/mol. The summed E-state index contributed by atoms with van der Waals surface area (Å²) in [5, 5.41) is 6.09. The summed E-state index contributed by atoms with van der Waals surface area (Å²) in [6.45, 7) is 5.16. The van der Waals surface area contributed by atoms with E-state index in [1.54, 1.807) is 6.92 Å². The largest absolute Gasteiger partial charge is 0.490 e. The first kappa shape index (κ1) is 17.4. The zero-order valence-electron chi connectivity index (χ0n) is 12.6. The molecule has 0 aliphatic rings. The molecule has 1 aromatic rings. The van der Waals surface area contributed by atoms with Crippen molar-refractivity contribution >= 4 is 21.7 Å². The van der Waals surface area contributed by atoms with Gasteiger partial charge in [0.1, 0.15) is 6.33 Å². The number of aromatic nitrogens is 2. The lowest BCUT2D eigenvalue weighted by molar-refractivity contribution is 0.414. The second-order valence-corrected chi connectivity index (χ2v) is 6.20. The van der Waals surface area contributed by atoms with E-state index < -0.39 is 10.0 Å². The van der Waals surface area contributed by atoms with E-state index in [4.69, 9.17) is 4.74 Å². The molecule has 21 heavy (non-hydrogen) atoms. The third-order valence-electron chi connectivity index (χ3n) is 2.58. The molecule has 8 nitrogen and oxygen atoms in total. The van der Waals surface area contributed by atoms with Crippen LogP contribution in [-0.2, 0) is 10.0 Å². The highest BCUT2D eigenvalue weighted by molar-refractivity contribution is 7.89. The van der Waals surface area contributed by atoms with E-state index in [0.29, 0.717) is 23.9 Å². The van der Waals surface area contributed by atoms with E-state index in [0.717, 1.165) is 13.0 Å². The van der Waals surface area contributed by atoms with Crippen LogP contribution in [0.2, 0.25) is 0 Å². The highest BCUT2D eigenvalue weighted by Crippen LogP contribution is 2.28. The summed E-state index contributed by atoms with van der Waals surface area (Å²) in [7, 11) is -1.73. The van der Waals surface area contributed by atoms with Crippen molar-refractivity contribution in [2.45, 2.75) is 20.3 Å². The number of anilines is 2. The molecule has 1 rings (SSSR count). The fraction of sp³-hybridized carbons (Fsp3) is 0.667. The number of hydrogen-bond donors (Lipinski definition) is 3. The van der Waals surface area contributed by atoms with Crippen LogP contribution in [0.5, 0.6) is 5.75 Å². The SMILES string of the molecule is CCCNc1ncnc(NCCS(=O)(=O)NCC)c1OC. The van der Waals surface area contributed by atoms with E-state index in [1.165, 1.54) is 13.4 Å². The minimum Gasteiger partial charge on any atom is -0.490 e. The van der Waals surface area contributed by atoms with Gasteiger partial charge in [0.25, 0.3) is 0 Å². The topological polar surface area (TPSA) is 105 Å². The standard InChI is InChI=1S/C12H23N5O3S/c1-4-6-13-11-10(20-3)12(16-9-15-11)14-7-8-21(18,19)17-5-2/h9,17H,4-8H2,1-3H3,(H2,13,14,15,16). The van der Waals surface area contributed by atoms with Gasteiger partial charge in [-0.1, -0.05) is 13.8 Å². The van der Waals surface area contributed by atoms with E-state index in [9.17, 15) is 8.42 Å². The Labute approximate surface area is 125 Å². The summed E-state index contributed by atoms with van der Waals surface area (Å²) in [4.78, 5) is 8.20. The normalized spacial score (nSPS) is 11.2. The van der Waals surface area contributed by atoms with Crippen molar-refractivity contribution in [3.8, 4) is 5.75 Å². The number of ether oxygens (including phenoxy) is 1. The average molecular weight is 317 g/mol. The molecule has 0 saturated heterocycles. The summed E-state index contributed by atoms with van der Waals surface area (Å²) in [5.41, 5.74) is 0. The predicted molar refractivity (Wildman–Crippen MR) is 83.3 cm³/mol. The molecule has 120 valence electrons. The predicted octanol–water partition coefficient (Wildman–Crippen LogP) is 0.658.